The number of hydrogen-bond acceptors (Lipinski definition) is 0. The van der Waals surface area contributed by atoms with E-state index in [2.05, 4.69) is 101 Å². The van der Waals surface area contributed by atoms with Crippen LogP contribution in [-0.2, 0) is 10.8 Å². The first-order valence-corrected chi connectivity index (χ1v) is 9.14. The smallest absolute Gasteiger partial charge is 0.0158 e. The Morgan fingerprint density at radius 2 is 1.32 bits per heavy atom. The van der Waals surface area contributed by atoms with Crippen LogP contribution in [0.15, 0.2) is 66.7 Å². The van der Waals surface area contributed by atoms with Crippen molar-refractivity contribution in [1.82, 2.24) is 0 Å². The number of hydrogen-bond donors (Lipinski definition) is 0. The maximum absolute atomic E-state index is 2.38. The van der Waals surface area contributed by atoms with Crippen molar-refractivity contribution in [3.8, 4) is 22.3 Å². The zero-order valence-corrected chi connectivity index (χ0v) is 15.9. The summed E-state index contributed by atoms with van der Waals surface area (Å²) in [7, 11) is 0. The van der Waals surface area contributed by atoms with Gasteiger partial charge in [-0.3, -0.25) is 0 Å². The Bertz CT molecular complexity index is 952. The first kappa shape index (κ1) is 16.1. The van der Waals surface area contributed by atoms with E-state index in [1.54, 1.807) is 0 Å². The standard InChI is InChI=1S/C25H26/c1-24(2,3)19-10-8-9-17(15-19)18-13-14-23-21(16-18)20-11-6-7-12-22(20)25(23,4)5/h6-16H,1-5H3. The van der Waals surface area contributed by atoms with Gasteiger partial charge in [-0.2, -0.15) is 0 Å². The molecule has 0 spiro atoms. The summed E-state index contributed by atoms with van der Waals surface area (Å²) in [4.78, 5) is 0. The lowest BCUT2D eigenvalue weighted by Gasteiger charge is -2.22. The molecule has 0 fully saturated rings. The molecule has 0 aromatic heterocycles. The summed E-state index contributed by atoms with van der Waals surface area (Å²) in [6.45, 7) is 11.5. The third-order valence-electron chi connectivity index (χ3n) is 5.65. The maximum atomic E-state index is 2.38. The molecule has 0 saturated heterocycles. The average molecular weight is 326 g/mol. The molecule has 0 atom stereocenters. The van der Waals surface area contributed by atoms with Gasteiger partial charge in [-0.15, -0.1) is 0 Å². The average Bonchev–Trinajstić information content (AvgIpc) is 2.82. The number of rotatable bonds is 1. The van der Waals surface area contributed by atoms with Gasteiger partial charge in [-0.25, -0.2) is 0 Å². The van der Waals surface area contributed by atoms with E-state index >= 15 is 0 Å². The van der Waals surface area contributed by atoms with E-state index in [4.69, 9.17) is 0 Å². The summed E-state index contributed by atoms with van der Waals surface area (Å²) in [6.07, 6.45) is 0. The first-order valence-electron chi connectivity index (χ1n) is 9.14. The van der Waals surface area contributed by atoms with Crippen molar-refractivity contribution >= 4 is 0 Å². The molecule has 0 aliphatic heterocycles. The summed E-state index contributed by atoms with van der Waals surface area (Å²) in [6, 6.07) is 24.8. The molecule has 0 N–H and O–H groups in total. The van der Waals surface area contributed by atoms with Gasteiger partial charge < -0.3 is 0 Å². The third-order valence-corrected chi connectivity index (χ3v) is 5.65. The number of benzene rings is 3. The summed E-state index contributed by atoms with van der Waals surface area (Å²) < 4.78 is 0. The van der Waals surface area contributed by atoms with Crippen molar-refractivity contribution < 1.29 is 0 Å². The van der Waals surface area contributed by atoms with Crippen molar-refractivity contribution in [1.29, 1.82) is 0 Å². The van der Waals surface area contributed by atoms with Gasteiger partial charge in [0.1, 0.15) is 0 Å². The van der Waals surface area contributed by atoms with E-state index in [0.29, 0.717) is 0 Å². The van der Waals surface area contributed by atoms with Crippen LogP contribution in [0, 0.1) is 0 Å². The lowest BCUT2D eigenvalue weighted by molar-refractivity contribution is 0.590. The minimum Gasteiger partial charge on any atom is -0.0619 e. The highest BCUT2D eigenvalue weighted by Crippen LogP contribution is 2.49. The molecule has 25 heavy (non-hydrogen) atoms. The maximum Gasteiger partial charge on any atom is 0.0158 e. The van der Waals surface area contributed by atoms with Gasteiger partial charge in [0.2, 0.25) is 0 Å². The van der Waals surface area contributed by atoms with Crippen LogP contribution in [-0.4, -0.2) is 0 Å². The minimum absolute atomic E-state index is 0.0811. The second-order valence-corrected chi connectivity index (χ2v) is 8.76. The Labute approximate surface area is 151 Å². The first-order chi connectivity index (χ1) is 11.8. The van der Waals surface area contributed by atoms with E-state index in [1.165, 1.54) is 38.9 Å². The van der Waals surface area contributed by atoms with Crippen LogP contribution < -0.4 is 0 Å². The van der Waals surface area contributed by atoms with Gasteiger partial charge in [0.05, 0.1) is 0 Å². The largest absolute Gasteiger partial charge is 0.0619 e. The molecule has 4 rings (SSSR count). The SMILES string of the molecule is CC(C)(C)c1cccc(-c2ccc3c(c2)-c2ccccc2C3(C)C)c1. The lowest BCUT2D eigenvalue weighted by Crippen LogP contribution is -2.14. The van der Waals surface area contributed by atoms with Crippen LogP contribution in [0.4, 0.5) is 0 Å². The zero-order valence-electron chi connectivity index (χ0n) is 15.9. The highest BCUT2D eigenvalue weighted by molar-refractivity contribution is 5.84. The van der Waals surface area contributed by atoms with Gasteiger partial charge in [-0.05, 0) is 50.4 Å². The second-order valence-electron chi connectivity index (χ2n) is 8.76. The van der Waals surface area contributed by atoms with Crippen LogP contribution in [0.2, 0.25) is 0 Å². The van der Waals surface area contributed by atoms with Gasteiger partial charge in [-0.1, -0.05) is 95.3 Å². The van der Waals surface area contributed by atoms with Crippen molar-refractivity contribution in [3.05, 3.63) is 83.4 Å². The van der Waals surface area contributed by atoms with Crippen LogP contribution in [0.1, 0.15) is 51.3 Å². The van der Waals surface area contributed by atoms with Crippen molar-refractivity contribution in [3.63, 3.8) is 0 Å². The Balaban J connectivity index is 1.88. The molecule has 0 nitrogen and oxygen atoms in total. The van der Waals surface area contributed by atoms with Crippen LogP contribution in [0.25, 0.3) is 22.3 Å². The van der Waals surface area contributed by atoms with Crippen LogP contribution >= 0.6 is 0 Å². The summed E-state index contributed by atoms with van der Waals surface area (Å²) >= 11 is 0. The van der Waals surface area contributed by atoms with Gasteiger partial charge >= 0.3 is 0 Å². The topological polar surface area (TPSA) is 0 Å². The monoisotopic (exact) mass is 326 g/mol. The zero-order chi connectivity index (χ0) is 17.8. The molecule has 3 aromatic rings. The van der Waals surface area contributed by atoms with Gasteiger partial charge in [0.15, 0.2) is 0 Å². The quantitative estimate of drug-likeness (QED) is 0.453. The third kappa shape index (κ3) is 2.52. The summed E-state index contributed by atoms with van der Waals surface area (Å²) in [5.74, 6) is 0. The van der Waals surface area contributed by atoms with Crippen LogP contribution in [0.5, 0.6) is 0 Å². The molecule has 0 radical (unpaired) electrons. The van der Waals surface area contributed by atoms with E-state index in [9.17, 15) is 0 Å². The predicted octanol–water partition coefficient (Wildman–Crippen LogP) is 6.96. The molecule has 1 aliphatic rings. The van der Waals surface area contributed by atoms with E-state index in [1.807, 2.05) is 0 Å². The van der Waals surface area contributed by atoms with E-state index in [0.717, 1.165) is 0 Å². The minimum atomic E-state index is 0.0811. The van der Waals surface area contributed by atoms with Gasteiger partial charge in [0.25, 0.3) is 0 Å². The Morgan fingerprint density at radius 3 is 2.08 bits per heavy atom. The fraction of sp³-hybridized carbons (Fsp3) is 0.280. The van der Waals surface area contributed by atoms with Crippen molar-refractivity contribution in [2.24, 2.45) is 0 Å². The molecule has 0 bridgehead atoms. The van der Waals surface area contributed by atoms with Crippen molar-refractivity contribution in [2.75, 3.05) is 0 Å². The lowest BCUT2D eigenvalue weighted by atomic mass is 9.82. The molecule has 126 valence electrons. The molecule has 1 aliphatic carbocycles. The molecule has 0 heterocycles. The van der Waals surface area contributed by atoms with E-state index in [-0.39, 0.29) is 10.8 Å². The molecule has 0 unspecified atom stereocenters. The molecule has 3 aromatic carbocycles. The molecular weight excluding hydrogens is 300 g/mol. The molecule has 0 heteroatoms. The Morgan fingerprint density at radius 1 is 0.640 bits per heavy atom. The highest BCUT2D eigenvalue weighted by Gasteiger charge is 2.35. The highest BCUT2D eigenvalue weighted by atomic mass is 14.4. The molecule has 0 saturated carbocycles. The summed E-state index contributed by atoms with van der Waals surface area (Å²) in [5.41, 5.74) is 9.88. The molecule has 0 amide bonds. The van der Waals surface area contributed by atoms with E-state index < -0.39 is 0 Å². The Kier molecular flexibility index (Phi) is 3.44. The Hall–Kier alpha value is -2.34. The fourth-order valence-corrected chi connectivity index (χ4v) is 4.07. The summed E-state index contributed by atoms with van der Waals surface area (Å²) in [5, 5.41) is 0. The molecular formula is C25H26. The predicted molar refractivity (Wildman–Crippen MR) is 108 cm³/mol. The normalized spacial score (nSPS) is 14.9. The second kappa shape index (κ2) is 5.33. The van der Waals surface area contributed by atoms with Crippen LogP contribution in [0.3, 0.4) is 0 Å². The number of fused-ring (bicyclic) bond motifs is 3. The van der Waals surface area contributed by atoms with Crippen molar-refractivity contribution in [2.45, 2.75) is 45.4 Å². The van der Waals surface area contributed by atoms with Gasteiger partial charge in [0, 0.05) is 5.41 Å². The fourth-order valence-electron chi connectivity index (χ4n) is 4.07.